The molecule has 0 saturated heterocycles. The van der Waals surface area contributed by atoms with Gasteiger partial charge in [0.15, 0.2) is 11.0 Å². The van der Waals surface area contributed by atoms with E-state index in [1.54, 1.807) is 6.92 Å². The SMILES string of the molecule is CCOC(=O)N/C(=N/C1=CC2CC2C=N1)SC. The first-order valence-corrected chi connectivity index (χ1v) is 6.78. The molecule has 0 aromatic carbocycles. The van der Waals surface area contributed by atoms with Crippen molar-refractivity contribution >= 4 is 29.2 Å². The highest BCUT2D eigenvalue weighted by Crippen LogP contribution is 2.41. The molecule has 1 amide bonds. The number of hydrogen-bond acceptors (Lipinski definition) is 5. The van der Waals surface area contributed by atoms with E-state index in [-0.39, 0.29) is 0 Å². The lowest BCUT2D eigenvalue weighted by Gasteiger charge is -2.07. The van der Waals surface area contributed by atoms with Crippen LogP contribution >= 0.6 is 11.8 Å². The van der Waals surface area contributed by atoms with Crippen LogP contribution in [-0.4, -0.2) is 30.3 Å². The molecule has 0 spiro atoms. The Hall–Kier alpha value is -1.30. The Morgan fingerprint density at radius 3 is 3.18 bits per heavy atom. The Labute approximate surface area is 104 Å². The second-order valence-corrected chi connectivity index (χ2v) is 4.63. The summed E-state index contributed by atoms with van der Waals surface area (Å²) in [6, 6.07) is 0. The van der Waals surface area contributed by atoms with Crippen molar-refractivity contribution in [1.29, 1.82) is 0 Å². The summed E-state index contributed by atoms with van der Waals surface area (Å²) in [6.07, 6.45) is 6.52. The van der Waals surface area contributed by atoms with Gasteiger partial charge in [0.2, 0.25) is 0 Å². The summed E-state index contributed by atoms with van der Waals surface area (Å²) in [5.74, 6) is 1.88. The second-order valence-electron chi connectivity index (χ2n) is 3.83. The van der Waals surface area contributed by atoms with Crippen molar-refractivity contribution in [3.8, 4) is 0 Å². The molecular weight excluding hydrogens is 238 g/mol. The van der Waals surface area contributed by atoms with Crippen LogP contribution in [0, 0.1) is 11.8 Å². The van der Waals surface area contributed by atoms with Crippen molar-refractivity contribution < 1.29 is 9.53 Å². The number of carbonyl (C=O) groups is 1. The smallest absolute Gasteiger partial charge is 0.413 e. The summed E-state index contributed by atoms with van der Waals surface area (Å²) < 4.78 is 4.79. The lowest BCUT2D eigenvalue weighted by atomic mass is 10.3. The highest BCUT2D eigenvalue weighted by molar-refractivity contribution is 8.13. The number of nitrogens with zero attached hydrogens (tertiary/aromatic N) is 2. The number of ether oxygens (including phenoxy) is 1. The van der Waals surface area contributed by atoms with Crippen LogP contribution in [0.2, 0.25) is 0 Å². The third kappa shape index (κ3) is 3.33. The van der Waals surface area contributed by atoms with Crippen molar-refractivity contribution in [3.63, 3.8) is 0 Å². The Morgan fingerprint density at radius 1 is 1.71 bits per heavy atom. The first-order valence-electron chi connectivity index (χ1n) is 5.55. The average Bonchev–Trinajstić information content (AvgIpc) is 3.06. The summed E-state index contributed by atoms with van der Waals surface area (Å²) in [7, 11) is 0. The minimum atomic E-state index is -0.481. The van der Waals surface area contributed by atoms with E-state index >= 15 is 0 Å². The number of amides is 1. The molecule has 92 valence electrons. The lowest BCUT2D eigenvalue weighted by molar-refractivity contribution is 0.158. The number of alkyl carbamates (subject to hydrolysis) is 1. The van der Waals surface area contributed by atoms with Crippen molar-refractivity contribution in [1.82, 2.24) is 5.32 Å². The molecule has 2 aliphatic rings. The predicted octanol–water partition coefficient (Wildman–Crippen LogP) is 2.01. The predicted molar refractivity (Wildman–Crippen MR) is 69.3 cm³/mol. The molecule has 5 nitrogen and oxygen atoms in total. The Kier molecular flexibility index (Phi) is 3.83. The fourth-order valence-electron chi connectivity index (χ4n) is 1.55. The summed E-state index contributed by atoms with van der Waals surface area (Å²) >= 11 is 1.36. The number of nitrogens with one attached hydrogen (secondary N) is 1. The Balaban J connectivity index is 1.97. The number of fused-ring (bicyclic) bond motifs is 1. The molecule has 2 atom stereocenters. The van der Waals surface area contributed by atoms with Gasteiger partial charge in [0.1, 0.15) is 0 Å². The third-order valence-electron chi connectivity index (χ3n) is 2.55. The molecule has 0 bridgehead atoms. The van der Waals surface area contributed by atoms with E-state index in [0.717, 1.165) is 0 Å². The molecule has 0 aromatic rings. The summed E-state index contributed by atoms with van der Waals surface area (Å²) in [4.78, 5) is 19.8. The van der Waals surface area contributed by atoms with E-state index in [4.69, 9.17) is 4.74 Å². The second kappa shape index (κ2) is 5.35. The minimum Gasteiger partial charge on any atom is -0.450 e. The standard InChI is InChI=1S/C11H15N3O2S/c1-3-16-11(15)14-10(17-2)13-9-5-7-4-8(7)6-12-9/h5-8H,3-4H2,1-2H3,(H,13,14,15). The highest BCUT2D eigenvalue weighted by Gasteiger charge is 2.36. The van der Waals surface area contributed by atoms with Crippen LogP contribution in [0.3, 0.4) is 0 Å². The molecule has 2 unspecified atom stereocenters. The van der Waals surface area contributed by atoms with E-state index in [1.165, 1.54) is 18.2 Å². The van der Waals surface area contributed by atoms with Gasteiger partial charge in [0, 0.05) is 12.1 Å². The zero-order chi connectivity index (χ0) is 12.3. The van der Waals surface area contributed by atoms with Gasteiger partial charge in [0.05, 0.1) is 6.61 Å². The van der Waals surface area contributed by atoms with Crippen LogP contribution in [0.1, 0.15) is 13.3 Å². The van der Waals surface area contributed by atoms with Gasteiger partial charge in [-0.15, -0.1) is 0 Å². The van der Waals surface area contributed by atoms with Gasteiger partial charge in [-0.3, -0.25) is 5.32 Å². The third-order valence-corrected chi connectivity index (χ3v) is 3.13. The van der Waals surface area contributed by atoms with Gasteiger partial charge in [-0.25, -0.2) is 14.8 Å². The van der Waals surface area contributed by atoms with Crippen molar-refractivity contribution in [2.75, 3.05) is 12.9 Å². The van der Waals surface area contributed by atoms with Gasteiger partial charge in [-0.1, -0.05) is 11.8 Å². The number of amidine groups is 1. The van der Waals surface area contributed by atoms with E-state index in [1.807, 2.05) is 18.5 Å². The van der Waals surface area contributed by atoms with Crippen LogP contribution in [-0.2, 0) is 4.74 Å². The van der Waals surface area contributed by atoms with Gasteiger partial charge >= 0.3 is 6.09 Å². The number of thioether (sulfide) groups is 1. The van der Waals surface area contributed by atoms with Crippen LogP contribution < -0.4 is 5.32 Å². The number of carbonyl (C=O) groups excluding carboxylic acids is 1. The highest BCUT2D eigenvalue weighted by atomic mass is 32.2. The zero-order valence-electron chi connectivity index (χ0n) is 9.84. The first kappa shape index (κ1) is 12.2. The molecule has 1 aliphatic carbocycles. The van der Waals surface area contributed by atoms with Crippen molar-refractivity contribution in [3.05, 3.63) is 11.9 Å². The largest absolute Gasteiger partial charge is 0.450 e. The fourth-order valence-corrected chi connectivity index (χ4v) is 1.92. The Morgan fingerprint density at radius 2 is 2.53 bits per heavy atom. The van der Waals surface area contributed by atoms with Crippen LogP contribution in [0.25, 0.3) is 0 Å². The normalized spacial score (nSPS) is 26.0. The topological polar surface area (TPSA) is 63.0 Å². The molecule has 1 saturated carbocycles. The number of rotatable bonds is 2. The van der Waals surface area contributed by atoms with Gasteiger partial charge in [0.25, 0.3) is 0 Å². The van der Waals surface area contributed by atoms with Gasteiger partial charge in [-0.05, 0) is 31.6 Å². The Bertz CT molecular complexity index is 404. The molecule has 1 aliphatic heterocycles. The number of hydrogen-bond donors (Lipinski definition) is 1. The van der Waals surface area contributed by atoms with E-state index < -0.39 is 6.09 Å². The van der Waals surface area contributed by atoms with E-state index in [9.17, 15) is 4.79 Å². The molecule has 0 aromatic heterocycles. The molecule has 1 heterocycles. The zero-order valence-corrected chi connectivity index (χ0v) is 10.7. The summed E-state index contributed by atoms with van der Waals surface area (Å²) in [5, 5.41) is 3.09. The molecule has 6 heteroatoms. The van der Waals surface area contributed by atoms with Gasteiger partial charge in [-0.2, -0.15) is 0 Å². The van der Waals surface area contributed by atoms with E-state index in [2.05, 4.69) is 15.3 Å². The average molecular weight is 253 g/mol. The number of allylic oxidation sites excluding steroid dienone is 1. The first-order chi connectivity index (χ1) is 8.22. The monoisotopic (exact) mass is 253 g/mol. The maximum Gasteiger partial charge on any atom is 0.413 e. The summed E-state index contributed by atoms with van der Waals surface area (Å²) in [6.45, 7) is 2.11. The summed E-state index contributed by atoms with van der Waals surface area (Å²) in [5.41, 5.74) is 0. The van der Waals surface area contributed by atoms with Crippen LogP contribution in [0.5, 0.6) is 0 Å². The molecular formula is C11H15N3O2S. The molecule has 1 fully saturated rings. The molecule has 0 radical (unpaired) electrons. The molecule has 1 N–H and O–H groups in total. The van der Waals surface area contributed by atoms with Crippen molar-refractivity contribution in [2.24, 2.45) is 21.8 Å². The van der Waals surface area contributed by atoms with Gasteiger partial charge < -0.3 is 4.74 Å². The fraction of sp³-hybridized carbons (Fsp3) is 0.545. The molecule has 2 rings (SSSR count). The van der Waals surface area contributed by atoms with Crippen LogP contribution in [0.4, 0.5) is 4.79 Å². The minimum absolute atomic E-state index is 0.345. The van der Waals surface area contributed by atoms with Crippen molar-refractivity contribution in [2.45, 2.75) is 13.3 Å². The lowest BCUT2D eigenvalue weighted by Crippen LogP contribution is -2.29. The molecule has 17 heavy (non-hydrogen) atoms. The quantitative estimate of drug-likeness (QED) is 0.605. The van der Waals surface area contributed by atoms with E-state index in [0.29, 0.717) is 29.4 Å². The maximum atomic E-state index is 11.2. The maximum absolute atomic E-state index is 11.2. The van der Waals surface area contributed by atoms with Crippen LogP contribution in [0.15, 0.2) is 21.9 Å². The number of aliphatic imine (C=N–C) groups is 2.